The molecule has 0 amide bonds. The lowest BCUT2D eigenvalue weighted by Gasteiger charge is -2.21. The van der Waals surface area contributed by atoms with Crippen LogP contribution in [-0.2, 0) is 9.47 Å². The highest BCUT2D eigenvalue weighted by Crippen LogP contribution is 2.51. The molecular formula is C21H24O10. The van der Waals surface area contributed by atoms with Crippen molar-refractivity contribution in [3.05, 3.63) is 29.3 Å². The van der Waals surface area contributed by atoms with E-state index in [0.29, 0.717) is 0 Å². The minimum absolute atomic E-state index is 0.00171. The Morgan fingerprint density at radius 1 is 0.548 bits per heavy atom. The second-order valence-corrected chi connectivity index (χ2v) is 5.82. The molecule has 0 N–H and O–H groups in total. The van der Waals surface area contributed by atoms with E-state index < -0.39 is 11.9 Å². The molecule has 0 aliphatic rings. The normalized spacial score (nSPS) is 10.0. The number of esters is 2. The van der Waals surface area contributed by atoms with Crippen molar-refractivity contribution in [1.82, 2.24) is 0 Å². The van der Waals surface area contributed by atoms with Gasteiger partial charge in [-0.25, -0.2) is 9.59 Å². The Bertz CT molecular complexity index is 942. The monoisotopic (exact) mass is 436 g/mol. The van der Waals surface area contributed by atoms with Gasteiger partial charge in [-0.3, -0.25) is 0 Å². The van der Waals surface area contributed by atoms with Gasteiger partial charge in [-0.05, 0) is 12.1 Å². The standard InChI is InChI=1S/C21H24O10/c1-24-13-8-11(20(22)29-6)9-14(25-2)17(13)31-16-12(21(23)30-7)10-15(26-3)18(27-4)19(16)28-5/h8-10H,1-7H3. The Morgan fingerprint density at radius 3 is 1.45 bits per heavy atom. The van der Waals surface area contributed by atoms with Gasteiger partial charge in [-0.15, -0.1) is 0 Å². The molecule has 0 aliphatic carbocycles. The third-order valence-electron chi connectivity index (χ3n) is 4.28. The number of rotatable bonds is 9. The zero-order chi connectivity index (χ0) is 23.1. The summed E-state index contributed by atoms with van der Waals surface area (Å²) in [4.78, 5) is 24.4. The molecule has 10 nitrogen and oxygen atoms in total. The largest absolute Gasteiger partial charge is 0.493 e. The molecule has 0 spiro atoms. The molecule has 0 heterocycles. The van der Waals surface area contributed by atoms with Crippen molar-refractivity contribution in [3.63, 3.8) is 0 Å². The van der Waals surface area contributed by atoms with Crippen molar-refractivity contribution in [3.8, 4) is 40.2 Å². The van der Waals surface area contributed by atoms with E-state index in [9.17, 15) is 9.59 Å². The van der Waals surface area contributed by atoms with Gasteiger partial charge in [-0.2, -0.15) is 0 Å². The molecule has 0 fully saturated rings. The predicted molar refractivity (Wildman–Crippen MR) is 108 cm³/mol. The lowest BCUT2D eigenvalue weighted by atomic mass is 10.1. The quantitative estimate of drug-likeness (QED) is 0.544. The van der Waals surface area contributed by atoms with Crippen LogP contribution in [0.25, 0.3) is 0 Å². The Labute approximate surface area is 179 Å². The summed E-state index contributed by atoms with van der Waals surface area (Å²) >= 11 is 0. The zero-order valence-electron chi connectivity index (χ0n) is 18.3. The van der Waals surface area contributed by atoms with Gasteiger partial charge in [0.15, 0.2) is 23.0 Å². The average molecular weight is 436 g/mol. The lowest BCUT2D eigenvalue weighted by Crippen LogP contribution is -2.09. The SMILES string of the molecule is COC(=O)c1cc(OC)c(Oc2c(C(=O)OC)cc(OC)c(OC)c2OC)c(OC)c1. The fraction of sp³-hybridized carbons (Fsp3) is 0.333. The van der Waals surface area contributed by atoms with E-state index in [-0.39, 0.29) is 51.4 Å². The number of benzene rings is 2. The molecule has 0 aromatic heterocycles. The fourth-order valence-electron chi connectivity index (χ4n) is 2.81. The molecule has 0 unspecified atom stereocenters. The van der Waals surface area contributed by atoms with Gasteiger partial charge in [0.1, 0.15) is 5.56 Å². The van der Waals surface area contributed by atoms with Crippen molar-refractivity contribution in [2.24, 2.45) is 0 Å². The Hall–Kier alpha value is -3.82. The molecule has 2 rings (SSSR count). The van der Waals surface area contributed by atoms with E-state index in [0.717, 1.165) is 0 Å². The van der Waals surface area contributed by atoms with Crippen LogP contribution in [0.3, 0.4) is 0 Å². The summed E-state index contributed by atoms with van der Waals surface area (Å²) in [5, 5.41) is 0. The lowest BCUT2D eigenvalue weighted by molar-refractivity contribution is 0.0590. The molecule has 0 saturated carbocycles. The maximum absolute atomic E-state index is 12.5. The first-order valence-corrected chi connectivity index (χ1v) is 8.84. The number of ether oxygens (including phenoxy) is 8. The number of hydrogen-bond donors (Lipinski definition) is 0. The number of carbonyl (C=O) groups is 2. The van der Waals surface area contributed by atoms with E-state index in [4.69, 9.17) is 37.9 Å². The van der Waals surface area contributed by atoms with Crippen LogP contribution in [0.2, 0.25) is 0 Å². The number of hydrogen-bond acceptors (Lipinski definition) is 10. The Balaban J connectivity index is 2.80. The first-order chi connectivity index (χ1) is 14.9. The van der Waals surface area contributed by atoms with Crippen LogP contribution in [0.5, 0.6) is 40.2 Å². The highest BCUT2D eigenvalue weighted by Gasteiger charge is 2.29. The summed E-state index contributed by atoms with van der Waals surface area (Å²) in [7, 11) is 9.45. The van der Waals surface area contributed by atoms with E-state index in [2.05, 4.69) is 0 Å². The molecule has 31 heavy (non-hydrogen) atoms. The van der Waals surface area contributed by atoms with Crippen LogP contribution in [0.4, 0.5) is 0 Å². The van der Waals surface area contributed by atoms with Crippen LogP contribution >= 0.6 is 0 Å². The molecule has 2 aromatic rings. The van der Waals surface area contributed by atoms with Crippen molar-refractivity contribution in [2.45, 2.75) is 0 Å². The smallest absolute Gasteiger partial charge is 0.341 e. The zero-order valence-corrected chi connectivity index (χ0v) is 18.3. The maximum atomic E-state index is 12.5. The van der Waals surface area contributed by atoms with Gasteiger partial charge < -0.3 is 37.9 Å². The van der Waals surface area contributed by atoms with Crippen LogP contribution in [0, 0.1) is 0 Å². The molecule has 2 aromatic carbocycles. The average Bonchev–Trinajstić information content (AvgIpc) is 2.81. The van der Waals surface area contributed by atoms with Gasteiger partial charge in [0, 0.05) is 6.07 Å². The summed E-state index contributed by atoms with van der Waals surface area (Å²) in [6.45, 7) is 0. The first kappa shape index (κ1) is 23.5. The van der Waals surface area contributed by atoms with Crippen LogP contribution in [0.15, 0.2) is 18.2 Å². The summed E-state index contributed by atoms with van der Waals surface area (Å²) in [5.41, 5.74) is 0.175. The predicted octanol–water partition coefficient (Wildman–Crippen LogP) is 3.10. The molecule has 0 saturated heterocycles. The first-order valence-electron chi connectivity index (χ1n) is 8.84. The summed E-state index contributed by atoms with van der Waals surface area (Å²) in [6.07, 6.45) is 0. The topological polar surface area (TPSA) is 108 Å². The Kier molecular flexibility index (Phi) is 7.78. The molecule has 0 aliphatic heterocycles. The van der Waals surface area contributed by atoms with Crippen LogP contribution in [0.1, 0.15) is 20.7 Å². The Morgan fingerprint density at radius 2 is 1.03 bits per heavy atom. The minimum Gasteiger partial charge on any atom is -0.493 e. The van der Waals surface area contributed by atoms with Gasteiger partial charge in [0.25, 0.3) is 0 Å². The van der Waals surface area contributed by atoms with E-state index in [1.807, 2.05) is 0 Å². The van der Waals surface area contributed by atoms with Crippen molar-refractivity contribution < 1.29 is 47.5 Å². The summed E-state index contributed by atoms with van der Waals surface area (Å²) in [5.74, 6) is -0.477. The second-order valence-electron chi connectivity index (χ2n) is 5.82. The summed E-state index contributed by atoms with van der Waals surface area (Å²) in [6, 6.07) is 4.22. The fourth-order valence-corrected chi connectivity index (χ4v) is 2.81. The number of carbonyl (C=O) groups excluding carboxylic acids is 2. The van der Waals surface area contributed by atoms with Crippen molar-refractivity contribution in [2.75, 3.05) is 49.8 Å². The summed E-state index contributed by atoms with van der Waals surface area (Å²) < 4.78 is 42.5. The molecular weight excluding hydrogens is 412 g/mol. The van der Waals surface area contributed by atoms with Gasteiger partial charge in [0.05, 0.1) is 55.3 Å². The van der Waals surface area contributed by atoms with Crippen molar-refractivity contribution >= 4 is 11.9 Å². The van der Waals surface area contributed by atoms with E-state index in [1.54, 1.807) is 0 Å². The second kappa shape index (κ2) is 10.3. The molecule has 0 radical (unpaired) electrons. The van der Waals surface area contributed by atoms with Gasteiger partial charge >= 0.3 is 11.9 Å². The molecule has 0 atom stereocenters. The van der Waals surface area contributed by atoms with Gasteiger partial charge in [-0.1, -0.05) is 0 Å². The highest BCUT2D eigenvalue weighted by atomic mass is 16.6. The van der Waals surface area contributed by atoms with Crippen LogP contribution in [-0.4, -0.2) is 61.7 Å². The highest BCUT2D eigenvalue weighted by molar-refractivity contribution is 5.95. The van der Waals surface area contributed by atoms with Gasteiger partial charge in [0.2, 0.25) is 17.2 Å². The number of methoxy groups -OCH3 is 7. The third-order valence-corrected chi connectivity index (χ3v) is 4.28. The van der Waals surface area contributed by atoms with E-state index >= 15 is 0 Å². The minimum atomic E-state index is -0.710. The third kappa shape index (κ3) is 4.52. The maximum Gasteiger partial charge on any atom is 0.341 e. The van der Waals surface area contributed by atoms with E-state index in [1.165, 1.54) is 68.0 Å². The molecule has 0 bridgehead atoms. The van der Waals surface area contributed by atoms with Crippen molar-refractivity contribution in [1.29, 1.82) is 0 Å². The van der Waals surface area contributed by atoms with Crippen LogP contribution < -0.4 is 28.4 Å². The molecule has 168 valence electrons. The molecule has 10 heteroatoms.